The van der Waals surface area contributed by atoms with Crippen LogP contribution >= 0.6 is 0 Å². The summed E-state index contributed by atoms with van der Waals surface area (Å²) in [7, 11) is 0. The topological polar surface area (TPSA) is 119 Å². The van der Waals surface area contributed by atoms with Gasteiger partial charge in [0.2, 0.25) is 0 Å². The maximum absolute atomic E-state index is 13.6. The fraction of sp³-hybridized carbons (Fsp3) is 0.227. The Morgan fingerprint density at radius 3 is 2.80 bits per heavy atom. The molecule has 0 saturated carbocycles. The van der Waals surface area contributed by atoms with Gasteiger partial charge in [0.05, 0.1) is 23.8 Å². The molecule has 1 unspecified atom stereocenters. The molecule has 2 amide bonds. The van der Waals surface area contributed by atoms with Gasteiger partial charge in [0.25, 0.3) is 6.43 Å². The third kappa shape index (κ3) is 4.16. The molecule has 0 radical (unpaired) electrons. The number of nitrogens with zero attached hydrogens (tertiary/aromatic N) is 7. The first-order chi connectivity index (χ1) is 16.8. The zero-order valence-corrected chi connectivity index (χ0v) is 18.4. The second kappa shape index (κ2) is 8.74. The molecule has 1 aliphatic rings. The molecule has 35 heavy (non-hydrogen) atoms. The highest BCUT2D eigenvalue weighted by atomic mass is 19.3. The summed E-state index contributed by atoms with van der Waals surface area (Å²) in [5.74, 6) is 0.259. The van der Waals surface area contributed by atoms with Gasteiger partial charge in [-0.05, 0) is 30.2 Å². The van der Waals surface area contributed by atoms with Crippen molar-refractivity contribution in [1.82, 2.24) is 34.3 Å². The van der Waals surface area contributed by atoms with Crippen LogP contribution in [0.15, 0.2) is 54.8 Å². The van der Waals surface area contributed by atoms with Crippen molar-refractivity contribution < 1.29 is 18.0 Å². The highest BCUT2D eigenvalue weighted by molar-refractivity contribution is 5.90. The van der Waals surface area contributed by atoms with Crippen molar-refractivity contribution >= 4 is 23.2 Å². The molecule has 3 aromatic heterocycles. The number of carbonyl (C=O) groups excluding carboxylic acids is 1. The third-order valence-corrected chi connectivity index (χ3v) is 5.73. The van der Waals surface area contributed by atoms with Crippen molar-refractivity contribution in [2.45, 2.75) is 19.5 Å². The van der Waals surface area contributed by atoms with E-state index in [1.807, 2.05) is 13.0 Å². The third-order valence-electron chi connectivity index (χ3n) is 5.73. The Kier molecular flexibility index (Phi) is 5.59. The van der Waals surface area contributed by atoms with E-state index >= 15 is 0 Å². The van der Waals surface area contributed by atoms with Crippen LogP contribution in [-0.4, -0.2) is 66.0 Å². The van der Waals surface area contributed by atoms with Crippen molar-refractivity contribution in [3.05, 3.63) is 60.3 Å². The highest BCUT2D eigenvalue weighted by Gasteiger charge is 2.30. The Balaban J connectivity index is 1.35. The molecule has 0 aliphatic carbocycles. The maximum atomic E-state index is 13.6. The predicted octanol–water partition coefficient (Wildman–Crippen LogP) is 3.24. The second-order valence-corrected chi connectivity index (χ2v) is 8.02. The average molecular weight is 483 g/mol. The van der Waals surface area contributed by atoms with E-state index < -0.39 is 18.6 Å². The first kappa shape index (κ1) is 22.4. The molecule has 1 aliphatic heterocycles. The molecular weight excluding hydrogens is 463 g/mol. The van der Waals surface area contributed by atoms with Crippen LogP contribution in [0.4, 0.5) is 29.5 Å². The zero-order valence-electron chi connectivity index (χ0n) is 18.4. The molecule has 13 heteroatoms. The van der Waals surface area contributed by atoms with E-state index in [-0.39, 0.29) is 24.5 Å². The number of aromatic nitrogens is 6. The van der Waals surface area contributed by atoms with Crippen LogP contribution in [0, 0.1) is 6.92 Å². The first-order valence-corrected chi connectivity index (χ1v) is 10.6. The summed E-state index contributed by atoms with van der Waals surface area (Å²) in [6.07, 6.45) is 2.24. The number of carbonyl (C=O) groups is 1. The highest BCUT2D eigenvalue weighted by Crippen LogP contribution is 2.26. The van der Waals surface area contributed by atoms with Gasteiger partial charge in [-0.2, -0.15) is 10.2 Å². The number of hydrogen-bond donors (Lipinski definition) is 2. The molecule has 1 atom stereocenters. The van der Waals surface area contributed by atoms with Gasteiger partial charge < -0.3 is 16.0 Å². The number of imidazole rings is 1. The number of hydrogen-bond acceptors (Lipinski definition) is 6. The number of nitrogen functional groups attached to an aromatic ring is 1. The molecule has 1 aromatic carbocycles. The van der Waals surface area contributed by atoms with Crippen molar-refractivity contribution in [2.75, 3.05) is 24.1 Å². The lowest BCUT2D eigenvalue weighted by molar-refractivity contribution is 0.0676. The number of fused-ring (bicyclic) bond motifs is 1. The minimum absolute atomic E-state index is 0.0584. The fourth-order valence-corrected chi connectivity index (χ4v) is 3.85. The van der Waals surface area contributed by atoms with Gasteiger partial charge in [-0.15, -0.1) is 0 Å². The Morgan fingerprint density at radius 2 is 2.00 bits per heavy atom. The van der Waals surface area contributed by atoms with E-state index in [1.165, 1.54) is 17.3 Å². The van der Waals surface area contributed by atoms with E-state index in [2.05, 4.69) is 25.5 Å². The molecule has 5 rings (SSSR count). The van der Waals surface area contributed by atoms with Crippen molar-refractivity contribution in [2.24, 2.45) is 0 Å². The largest absolute Gasteiger partial charge is 0.381 e. The smallest absolute Gasteiger partial charge is 0.322 e. The number of aryl methyl sites for hydroxylation is 1. The van der Waals surface area contributed by atoms with E-state index in [4.69, 9.17) is 5.73 Å². The fourth-order valence-electron chi connectivity index (χ4n) is 3.85. The van der Waals surface area contributed by atoms with Crippen LogP contribution in [-0.2, 0) is 0 Å². The number of benzene rings is 1. The van der Waals surface area contributed by atoms with E-state index in [9.17, 15) is 18.0 Å². The number of amides is 2. The number of urea groups is 1. The van der Waals surface area contributed by atoms with Gasteiger partial charge >= 0.3 is 6.03 Å². The van der Waals surface area contributed by atoms with Gasteiger partial charge in [-0.25, -0.2) is 37.1 Å². The summed E-state index contributed by atoms with van der Waals surface area (Å²) in [5.41, 5.74) is 9.68. The SMILES string of the molecule is Cc1ccc(NC(=O)N2CC=C(C(F)C(F)F)C2)cc1-n1cc(-c2cnc3c(N)ncnn23)cn1. The van der Waals surface area contributed by atoms with Gasteiger partial charge in [-0.1, -0.05) is 12.1 Å². The summed E-state index contributed by atoms with van der Waals surface area (Å²) >= 11 is 0. The molecule has 3 N–H and O–H groups in total. The summed E-state index contributed by atoms with van der Waals surface area (Å²) < 4.78 is 42.1. The van der Waals surface area contributed by atoms with Crippen molar-refractivity contribution in [1.29, 1.82) is 0 Å². The van der Waals surface area contributed by atoms with Gasteiger partial charge in [0, 0.05) is 30.5 Å². The first-order valence-electron chi connectivity index (χ1n) is 10.6. The molecule has 4 heterocycles. The zero-order chi connectivity index (χ0) is 24.7. The van der Waals surface area contributed by atoms with E-state index in [1.54, 1.807) is 39.9 Å². The molecule has 10 nitrogen and oxygen atoms in total. The van der Waals surface area contributed by atoms with Crippen LogP contribution in [0.1, 0.15) is 5.56 Å². The molecule has 0 fully saturated rings. The minimum Gasteiger partial charge on any atom is -0.381 e. The summed E-state index contributed by atoms with van der Waals surface area (Å²) in [4.78, 5) is 22.1. The molecule has 180 valence electrons. The maximum Gasteiger partial charge on any atom is 0.322 e. The summed E-state index contributed by atoms with van der Waals surface area (Å²) in [6, 6.07) is 4.75. The summed E-state index contributed by atoms with van der Waals surface area (Å²) in [6.45, 7) is 1.77. The number of alkyl halides is 3. The van der Waals surface area contributed by atoms with Gasteiger partial charge in [0.1, 0.15) is 6.33 Å². The number of anilines is 2. The molecule has 0 saturated heterocycles. The standard InChI is InChI=1S/C22H20F3N9O/c1-12-2-3-15(31-22(35)32-5-4-13(9-32)18(23)19(24)25)6-16(12)33-10-14(7-29-33)17-8-27-21-20(26)28-11-30-34(17)21/h2-4,6-8,10-11,18-19H,5,9H2,1H3,(H,31,35)(H2,26,28,30). The average Bonchev–Trinajstić information content (AvgIpc) is 3.59. The molecule has 4 aromatic rings. The van der Waals surface area contributed by atoms with Crippen LogP contribution in [0.25, 0.3) is 22.6 Å². The number of rotatable bonds is 5. The molecule has 0 bridgehead atoms. The Morgan fingerprint density at radius 1 is 1.17 bits per heavy atom. The van der Waals surface area contributed by atoms with Gasteiger partial charge in [-0.3, -0.25) is 0 Å². The second-order valence-electron chi connectivity index (χ2n) is 8.02. The Bertz CT molecular complexity index is 1450. The van der Waals surface area contributed by atoms with Gasteiger partial charge in [0.15, 0.2) is 17.6 Å². The Labute approximate surface area is 196 Å². The van der Waals surface area contributed by atoms with Crippen molar-refractivity contribution in [3.8, 4) is 16.9 Å². The van der Waals surface area contributed by atoms with Crippen LogP contribution in [0.3, 0.4) is 0 Å². The van der Waals surface area contributed by atoms with Crippen LogP contribution in [0.5, 0.6) is 0 Å². The Hall–Kier alpha value is -4.42. The van der Waals surface area contributed by atoms with Crippen molar-refractivity contribution in [3.63, 3.8) is 0 Å². The lowest BCUT2D eigenvalue weighted by Gasteiger charge is -2.19. The number of nitrogens with one attached hydrogen (secondary N) is 1. The van der Waals surface area contributed by atoms with E-state index in [0.717, 1.165) is 11.1 Å². The summed E-state index contributed by atoms with van der Waals surface area (Å²) in [5, 5.41) is 11.4. The normalized spacial score (nSPS) is 14.5. The van der Waals surface area contributed by atoms with Crippen LogP contribution < -0.4 is 11.1 Å². The molecule has 0 spiro atoms. The molecular formula is C22H20F3N9O. The van der Waals surface area contributed by atoms with E-state index in [0.29, 0.717) is 22.7 Å². The lowest BCUT2D eigenvalue weighted by Crippen LogP contribution is -2.34. The van der Waals surface area contributed by atoms with Crippen LogP contribution in [0.2, 0.25) is 0 Å². The predicted molar refractivity (Wildman–Crippen MR) is 122 cm³/mol. The lowest BCUT2D eigenvalue weighted by atomic mass is 10.2. The number of nitrogens with two attached hydrogens (primary N) is 1. The quantitative estimate of drug-likeness (QED) is 0.421. The minimum atomic E-state index is -3.12. The number of halogens is 3. The monoisotopic (exact) mass is 483 g/mol.